The van der Waals surface area contributed by atoms with Crippen LogP contribution < -0.4 is 21.5 Å². The summed E-state index contributed by atoms with van der Waals surface area (Å²) in [5, 5.41) is 13.0. The molecule has 0 spiro atoms. The number of nitrogens with two attached hydrogens (primary N) is 1. The number of nitrogens with zero attached hydrogens (tertiary/aromatic N) is 6. The molecule has 0 radical (unpaired) electrons. The molecule has 1 atom stereocenters. The van der Waals surface area contributed by atoms with Crippen molar-refractivity contribution in [1.29, 1.82) is 0 Å². The lowest BCUT2D eigenvalue weighted by Gasteiger charge is -2.23. The van der Waals surface area contributed by atoms with E-state index in [1.165, 1.54) is 44.7 Å². The van der Waals surface area contributed by atoms with Gasteiger partial charge in [-0.1, -0.05) is 12.1 Å². The van der Waals surface area contributed by atoms with Crippen LogP contribution in [0.5, 0.6) is 0 Å². The standard InChI is InChI=1S/C23H23F3N8O2.C2H6S/c1-4-10-33-21(36)15-12-28-22(31-20(15)34(33)18-7-5-6-17(27)30-18)29-13-8-9-16(32(2)3)14(11-13)19(35)23(24,25)26;1-3-2/h4-9,11-12,19,35H,1,10H2,2-3H3,(H2,27,30)(H,28,29,31);1-2H3. The van der Waals surface area contributed by atoms with Gasteiger partial charge in [-0.15, -0.1) is 6.58 Å². The zero-order valence-corrected chi connectivity index (χ0v) is 22.6. The maximum Gasteiger partial charge on any atom is 0.418 e. The zero-order valence-electron chi connectivity index (χ0n) is 21.8. The number of pyridine rings is 1. The summed E-state index contributed by atoms with van der Waals surface area (Å²) in [6.07, 6.45) is -0.606. The summed E-state index contributed by atoms with van der Waals surface area (Å²) in [6, 6.07) is 9.07. The van der Waals surface area contributed by atoms with Gasteiger partial charge in [0.1, 0.15) is 11.2 Å². The van der Waals surface area contributed by atoms with Crippen LogP contribution in [-0.4, -0.2) is 62.2 Å². The molecule has 208 valence electrons. The number of halogens is 3. The van der Waals surface area contributed by atoms with E-state index in [4.69, 9.17) is 5.73 Å². The number of aliphatic hydroxyl groups is 1. The van der Waals surface area contributed by atoms with Crippen molar-refractivity contribution in [2.75, 3.05) is 42.6 Å². The monoisotopic (exact) mass is 562 g/mol. The molecule has 14 heteroatoms. The molecule has 4 N–H and O–H groups in total. The molecule has 0 fully saturated rings. The summed E-state index contributed by atoms with van der Waals surface area (Å²) in [7, 11) is 3.15. The van der Waals surface area contributed by atoms with Crippen LogP contribution in [0.25, 0.3) is 16.9 Å². The third-order valence-electron chi connectivity index (χ3n) is 5.32. The van der Waals surface area contributed by atoms with Crippen molar-refractivity contribution in [1.82, 2.24) is 24.3 Å². The largest absolute Gasteiger partial charge is 0.418 e. The molecule has 0 aliphatic carbocycles. The SMILES string of the molecule is C=CCn1c(=O)c2cnc(Nc3ccc(N(C)C)c(C(O)C(F)(F)F)c3)nc2n1-c1cccc(N)n1.CSC. The molecule has 0 saturated heterocycles. The van der Waals surface area contributed by atoms with Crippen molar-refractivity contribution >= 4 is 45.9 Å². The van der Waals surface area contributed by atoms with Gasteiger partial charge >= 0.3 is 6.18 Å². The van der Waals surface area contributed by atoms with Gasteiger partial charge in [0.2, 0.25) is 5.95 Å². The topological polar surface area (TPSA) is 127 Å². The Bertz CT molecular complexity index is 1520. The van der Waals surface area contributed by atoms with Crippen molar-refractivity contribution in [2.24, 2.45) is 0 Å². The van der Waals surface area contributed by atoms with Crippen molar-refractivity contribution in [3.8, 4) is 5.82 Å². The van der Waals surface area contributed by atoms with E-state index < -0.39 is 12.3 Å². The molecular weight excluding hydrogens is 533 g/mol. The first-order valence-corrected chi connectivity index (χ1v) is 13.1. The number of thioether (sulfide) groups is 1. The number of hydrogen-bond acceptors (Lipinski definition) is 9. The fourth-order valence-electron chi connectivity index (χ4n) is 3.73. The Morgan fingerprint density at radius 3 is 2.51 bits per heavy atom. The first kappa shape index (κ1) is 29.5. The van der Waals surface area contributed by atoms with E-state index in [1.54, 1.807) is 44.1 Å². The number of nitrogens with one attached hydrogen (secondary N) is 1. The fourth-order valence-corrected chi connectivity index (χ4v) is 3.73. The number of fused-ring (bicyclic) bond motifs is 1. The van der Waals surface area contributed by atoms with Gasteiger partial charge < -0.3 is 21.1 Å². The zero-order chi connectivity index (χ0) is 28.9. The van der Waals surface area contributed by atoms with Crippen LogP contribution in [0.4, 0.5) is 36.3 Å². The van der Waals surface area contributed by atoms with Crippen molar-refractivity contribution < 1.29 is 18.3 Å². The predicted octanol–water partition coefficient (Wildman–Crippen LogP) is 4.13. The van der Waals surface area contributed by atoms with E-state index in [0.29, 0.717) is 5.82 Å². The minimum atomic E-state index is -4.85. The maximum atomic E-state index is 13.3. The molecule has 10 nitrogen and oxygen atoms in total. The lowest BCUT2D eigenvalue weighted by molar-refractivity contribution is -0.206. The van der Waals surface area contributed by atoms with Gasteiger partial charge in [0.25, 0.3) is 5.56 Å². The number of benzene rings is 1. The van der Waals surface area contributed by atoms with E-state index in [0.717, 1.165) is 0 Å². The normalized spacial score (nSPS) is 12.0. The van der Waals surface area contributed by atoms with Gasteiger partial charge in [0, 0.05) is 37.2 Å². The number of anilines is 4. The number of aromatic nitrogens is 5. The van der Waals surface area contributed by atoms with E-state index in [-0.39, 0.29) is 51.8 Å². The number of hydrogen-bond donors (Lipinski definition) is 3. The van der Waals surface area contributed by atoms with E-state index in [1.807, 2.05) is 12.5 Å². The number of rotatable bonds is 7. The lowest BCUT2D eigenvalue weighted by atomic mass is 10.0. The molecule has 4 aromatic rings. The smallest absolute Gasteiger partial charge is 0.384 e. The molecule has 3 heterocycles. The second kappa shape index (κ2) is 12.2. The average molecular weight is 563 g/mol. The number of nitrogen functional groups attached to an aromatic ring is 1. The second-order valence-electron chi connectivity index (χ2n) is 8.48. The molecule has 39 heavy (non-hydrogen) atoms. The lowest BCUT2D eigenvalue weighted by Crippen LogP contribution is -2.23. The number of aliphatic hydroxyl groups excluding tert-OH is 1. The van der Waals surface area contributed by atoms with Gasteiger partial charge in [-0.2, -0.15) is 29.9 Å². The van der Waals surface area contributed by atoms with Crippen LogP contribution in [0.3, 0.4) is 0 Å². The van der Waals surface area contributed by atoms with Gasteiger partial charge in [0.15, 0.2) is 17.6 Å². The molecular formula is C25H29F3N8O2S. The minimum absolute atomic E-state index is 0.0148. The van der Waals surface area contributed by atoms with Crippen LogP contribution in [0.15, 0.2) is 60.0 Å². The van der Waals surface area contributed by atoms with Crippen LogP contribution in [0.2, 0.25) is 0 Å². The van der Waals surface area contributed by atoms with Gasteiger partial charge in [-0.05, 0) is 42.8 Å². The quantitative estimate of drug-likeness (QED) is 0.285. The highest BCUT2D eigenvalue weighted by Crippen LogP contribution is 2.38. The summed E-state index contributed by atoms with van der Waals surface area (Å²) in [4.78, 5) is 27.3. The Labute approximate surface area is 227 Å². The Morgan fingerprint density at radius 1 is 1.23 bits per heavy atom. The highest BCUT2D eigenvalue weighted by molar-refractivity contribution is 7.97. The average Bonchev–Trinajstić information content (AvgIpc) is 3.14. The molecule has 1 aromatic carbocycles. The summed E-state index contributed by atoms with van der Waals surface area (Å²) < 4.78 is 42.7. The van der Waals surface area contributed by atoms with Crippen molar-refractivity contribution in [2.45, 2.75) is 18.8 Å². The Kier molecular flexibility index (Phi) is 9.24. The summed E-state index contributed by atoms with van der Waals surface area (Å²) in [5.41, 5.74) is 5.72. The van der Waals surface area contributed by atoms with Gasteiger partial charge in [-0.3, -0.25) is 4.79 Å². The van der Waals surface area contributed by atoms with Crippen molar-refractivity contribution in [3.63, 3.8) is 0 Å². The van der Waals surface area contributed by atoms with Gasteiger partial charge in [-0.25, -0.2) is 19.3 Å². The Morgan fingerprint density at radius 2 is 1.92 bits per heavy atom. The van der Waals surface area contributed by atoms with Crippen LogP contribution in [0.1, 0.15) is 11.7 Å². The first-order valence-electron chi connectivity index (χ1n) is 11.5. The van der Waals surface area contributed by atoms with Crippen LogP contribution >= 0.6 is 11.8 Å². The second-order valence-corrected chi connectivity index (χ2v) is 9.30. The van der Waals surface area contributed by atoms with Crippen molar-refractivity contribution in [3.05, 3.63) is 71.2 Å². The van der Waals surface area contributed by atoms with E-state index in [9.17, 15) is 23.1 Å². The molecule has 0 aliphatic rings. The number of alkyl halides is 3. The molecule has 0 bridgehead atoms. The Hall–Kier alpha value is -4.04. The first-order chi connectivity index (χ1) is 18.4. The molecule has 0 aliphatic heterocycles. The molecule has 0 saturated carbocycles. The molecule has 1 unspecified atom stereocenters. The van der Waals surface area contributed by atoms with Gasteiger partial charge in [0.05, 0.1) is 6.54 Å². The molecule has 3 aromatic heterocycles. The summed E-state index contributed by atoms with van der Waals surface area (Å²) in [5.74, 6) is 0.580. The van der Waals surface area contributed by atoms with Crippen LogP contribution in [-0.2, 0) is 6.54 Å². The highest BCUT2D eigenvalue weighted by Gasteiger charge is 2.41. The third kappa shape index (κ3) is 6.52. The van der Waals surface area contributed by atoms with E-state index in [2.05, 4.69) is 26.8 Å². The molecule has 4 rings (SSSR count). The molecule has 0 amide bonds. The fraction of sp³-hybridized carbons (Fsp3) is 0.280. The maximum absolute atomic E-state index is 13.3. The number of allylic oxidation sites excluding steroid dienone is 1. The summed E-state index contributed by atoms with van der Waals surface area (Å²) >= 11 is 1.75. The van der Waals surface area contributed by atoms with E-state index >= 15 is 0 Å². The minimum Gasteiger partial charge on any atom is -0.384 e. The predicted molar refractivity (Wildman–Crippen MR) is 150 cm³/mol. The third-order valence-corrected chi connectivity index (χ3v) is 5.32. The Balaban J connectivity index is 0.00000134. The van der Waals surface area contributed by atoms with Crippen LogP contribution in [0, 0.1) is 0 Å². The summed E-state index contributed by atoms with van der Waals surface area (Å²) in [6.45, 7) is 3.83. The highest BCUT2D eigenvalue weighted by atomic mass is 32.2.